The molecule has 0 N–H and O–H groups in total. The van der Waals surface area contributed by atoms with Gasteiger partial charge in [-0.15, -0.1) is 0 Å². The number of carbonyl (C=O) groups excluding carboxylic acids is 3. The third-order valence-electron chi connectivity index (χ3n) is 11.0. The van der Waals surface area contributed by atoms with Crippen LogP contribution in [0.4, 0.5) is 0 Å². The number of ketones is 1. The molecule has 6 rings (SSSR count). The van der Waals surface area contributed by atoms with Gasteiger partial charge < -0.3 is 18.6 Å². The Hall–Kier alpha value is -2.41. The van der Waals surface area contributed by atoms with Crippen molar-refractivity contribution < 1.29 is 33.0 Å². The van der Waals surface area contributed by atoms with Gasteiger partial charge in [0.15, 0.2) is 0 Å². The summed E-state index contributed by atoms with van der Waals surface area (Å²) in [5, 5.41) is 0. The summed E-state index contributed by atoms with van der Waals surface area (Å²) in [6.45, 7) is 12.5. The van der Waals surface area contributed by atoms with Gasteiger partial charge in [-0.1, -0.05) is 33.3 Å². The first-order valence-corrected chi connectivity index (χ1v) is 13.7. The molecule has 5 aliphatic rings. The average molecular weight is 511 g/mol. The van der Waals surface area contributed by atoms with Crippen molar-refractivity contribution in [2.24, 2.45) is 28.1 Å². The highest BCUT2D eigenvalue weighted by Gasteiger charge is 2.78. The normalized spacial score (nSPS) is 44.1. The van der Waals surface area contributed by atoms with Crippen LogP contribution in [0.25, 0.3) is 0 Å². The lowest BCUT2D eigenvalue weighted by molar-refractivity contribution is -0.197. The van der Waals surface area contributed by atoms with Gasteiger partial charge in [0, 0.05) is 40.6 Å². The van der Waals surface area contributed by atoms with E-state index >= 15 is 0 Å². The SMILES string of the molecule is COC(=O)C[C@H]1[C@]2(C)C3=C(C)[C@H](c4ccoc4C(C)C)CC3O[C@@H]2[C@@H]2OC(=O)[C@]3(C)CCC(=O)[C@@]1(C)[C@@H]23. The molecule has 7 nitrogen and oxygen atoms in total. The maximum absolute atomic E-state index is 13.9. The molecule has 3 aliphatic carbocycles. The second-order valence-corrected chi connectivity index (χ2v) is 12.9. The lowest BCUT2D eigenvalue weighted by Crippen LogP contribution is -2.67. The van der Waals surface area contributed by atoms with E-state index in [9.17, 15) is 14.4 Å². The zero-order valence-corrected chi connectivity index (χ0v) is 22.9. The van der Waals surface area contributed by atoms with E-state index in [1.165, 1.54) is 18.2 Å². The number of Topliss-reactive ketones (excluding diaryl/α,β-unsaturated/α-hetero) is 1. The molecule has 7 heteroatoms. The molecule has 3 heterocycles. The number of allylic oxidation sites excluding steroid dienone is 1. The molecule has 0 spiro atoms. The molecule has 2 aliphatic heterocycles. The fourth-order valence-corrected chi connectivity index (χ4v) is 9.41. The maximum atomic E-state index is 13.9. The van der Waals surface area contributed by atoms with Gasteiger partial charge in [0.1, 0.15) is 23.8 Å². The second kappa shape index (κ2) is 7.81. The molecule has 200 valence electrons. The molecular weight excluding hydrogens is 472 g/mol. The van der Waals surface area contributed by atoms with Crippen molar-refractivity contribution in [2.75, 3.05) is 7.11 Å². The number of carbonyl (C=O) groups is 3. The van der Waals surface area contributed by atoms with Crippen LogP contribution >= 0.6 is 0 Å². The number of furan rings is 1. The van der Waals surface area contributed by atoms with E-state index in [1.807, 2.05) is 13.8 Å². The molecule has 1 aromatic rings. The summed E-state index contributed by atoms with van der Waals surface area (Å²) in [6, 6.07) is 2.06. The van der Waals surface area contributed by atoms with Crippen molar-refractivity contribution in [2.45, 2.75) is 97.4 Å². The third kappa shape index (κ3) is 2.90. The number of hydrogen-bond donors (Lipinski definition) is 0. The van der Waals surface area contributed by atoms with Gasteiger partial charge >= 0.3 is 11.9 Å². The third-order valence-corrected chi connectivity index (χ3v) is 11.0. The van der Waals surface area contributed by atoms with Crippen molar-refractivity contribution in [3.63, 3.8) is 0 Å². The highest BCUT2D eigenvalue weighted by atomic mass is 16.6. The molecule has 0 amide bonds. The minimum Gasteiger partial charge on any atom is -0.469 e. The number of hydrogen-bond acceptors (Lipinski definition) is 7. The van der Waals surface area contributed by atoms with Crippen LogP contribution in [0.2, 0.25) is 0 Å². The maximum Gasteiger partial charge on any atom is 0.312 e. The van der Waals surface area contributed by atoms with E-state index in [2.05, 4.69) is 33.8 Å². The zero-order chi connectivity index (χ0) is 26.7. The van der Waals surface area contributed by atoms with Crippen molar-refractivity contribution in [3.8, 4) is 0 Å². The van der Waals surface area contributed by atoms with Crippen molar-refractivity contribution in [1.29, 1.82) is 0 Å². The molecule has 0 aromatic carbocycles. The standard InChI is InChI=1S/C30H38O7/c1-14(2)23-16(9-11-35-23)17-12-18-22(15(17)3)30(6)19(13-21(32)34-7)29(5)20(31)8-10-28(4)25(29)24(26(30)36-18)37-27(28)33/h9,11,14,17-19,24-26H,8,10,12-13H2,1-7H3/t17-,18?,19-,24-,25+,26-,28-,29+,30-/m1/s1. The first-order chi connectivity index (χ1) is 17.4. The first kappa shape index (κ1) is 24.9. The number of ether oxygens (including phenoxy) is 3. The molecule has 1 unspecified atom stereocenters. The quantitative estimate of drug-likeness (QED) is 0.411. The molecule has 2 saturated carbocycles. The van der Waals surface area contributed by atoms with E-state index in [-0.39, 0.29) is 53.9 Å². The Morgan fingerprint density at radius 3 is 2.59 bits per heavy atom. The molecule has 2 saturated heterocycles. The second-order valence-electron chi connectivity index (χ2n) is 12.9. The van der Waals surface area contributed by atoms with Crippen molar-refractivity contribution >= 4 is 17.7 Å². The summed E-state index contributed by atoms with van der Waals surface area (Å²) < 4.78 is 24.0. The predicted octanol–water partition coefficient (Wildman–Crippen LogP) is 5.09. The lowest BCUT2D eigenvalue weighted by Gasteiger charge is -2.60. The fraction of sp³-hybridized carbons (Fsp3) is 0.700. The minimum absolute atomic E-state index is 0.0969. The Balaban J connectivity index is 1.54. The molecular formula is C30H38O7. The molecule has 9 atom stereocenters. The number of esters is 2. The van der Waals surface area contributed by atoms with Crippen LogP contribution in [0, 0.1) is 28.1 Å². The first-order valence-electron chi connectivity index (χ1n) is 13.7. The van der Waals surface area contributed by atoms with Crippen LogP contribution in [0.3, 0.4) is 0 Å². The highest BCUT2D eigenvalue weighted by Crippen LogP contribution is 2.73. The highest BCUT2D eigenvalue weighted by molar-refractivity contribution is 5.92. The minimum atomic E-state index is -0.911. The zero-order valence-electron chi connectivity index (χ0n) is 22.9. The molecule has 37 heavy (non-hydrogen) atoms. The Labute approximate surface area is 218 Å². The van der Waals surface area contributed by atoms with Gasteiger partial charge in [-0.2, -0.15) is 0 Å². The summed E-state index contributed by atoms with van der Waals surface area (Å²) in [5.74, 6) is 0.188. The van der Waals surface area contributed by atoms with Crippen LogP contribution < -0.4 is 0 Å². The largest absolute Gasteiger partial charge is 0.469 e. The molecule has 0 radical (unpaired) electrons. The van der Waals surface area contributed by atoms with Gasteiger partial charge in [-0.05, 0) is 44.2 Å². The smallest absolute Gasteiger partial charge is 0.312 e. The van der Waals surface area contributed by atoms with E-state index in [1.54, 1.807) is 6.26 Å². The molecule has 4 fully saturated rings. The Kier molecular flexibility index (Phi) is 5.26. The summed E-state index contributed by atoms with van der Waals surface area (Å²) in [5.41, 5.74) is 1.22. The average Bonchev–Trinajstić information content (AvgIpc) is 3.58. The van der Waals surface area contributed by atoms with Gasteiger partial charge in [-0.3, -0.25) is 14.4 Å². The number of fused-ring (bicyclic) bond motifs is 4. The van der Waals surface area contributed by atoms with E-state index in [4.69, 9.17) is 18.6 Å². The fourth-order valence-electron chi connectivity index (χ4n) is 9.41. The molecule has 0 bridgehead atoms. The van der Waals surface area contributed by atoms with E-state index in [0.29, 0.717) is 12.8 Å². The van der Waals surface area contributed by atoms with E-state index in [0.717, 1.165) is 17.8 Å². The van der Waals surface area contributed by atoms with Gasteiger partial charge in [0.05, 0.1) is 31.3 Å². The van der Waals surface area contributed by atoms with Crippen molar-refractivity contribution in [1.82, 2.24) is 0 Å². The van der Waals surface area contributed by atoms with Gasteiger partial charge in [0.25, 0.3) is 0 Å². The number of methoxy groups -OCH3 is 1. The van der Waals surface area contributed by atoms with Gasteiger partial charge in [-0.25, -0.2) is 0 Å². The van der Waals surface area contributed by atoms with E-state index < -0.39 is 28.5 Å². The van der Waals surface area contributed by atoms with Crippen LogP contribution in [0.15, 0.2) is 27.9 Å². The Morgan fingerprint density at radius 2 is 1.92 bits per heavy atom. The molecule has 1 aromatic heterocycles. The van der Waals surface area contributed by atoms with Crippen molar-refractivity contribution in [3.05, 3.63) is 34.8 Å². The predicted molar refractivity (Wildman–Crippen MR) is 134 cm³/mol. The van der Waals surface area contributed by atoms with Crippen LogP contribution in [-0.4, -0.2) is 43.1 Å². The van der Waals surface area contributed by atoms with Gasteiger partial charge in [0.2, 0.25) is 0 Å². The monoisotopic (exact) mass is 510 g/mol. The summed E-state index contributed by atoms with van der Waals surface area (Å²) in [7, 11) is 1.39. The lowest BCUT2D eigenvalue weighted by atomic mass is 9.40. The summed E-state index contributed by atoms with van der Waals surface area (Å²) >= 11 is 0. The summed E-state index contributed by atoms with van der Waals surface area (Å²) in [6.07, 6.45) is 2.30. The summed E-state index contributed by atoms with van der Waals surface area (Å²) in [4.78, 5) is 40.1. The van der Waals surface area contributed by atoms with Crippen LogP contribution in [-0.2, 0) is 28.6 Å². The topological polar surface area (TPSA) is 92.0 Å². The van der Waals surface area contributed by atoms with Crippen LogP contribution in [0.1, 0.15) is 90.4 Å². The van der Waals surface area contributed by atoms with Crippen LogP contribution in [0.5, 0.6) is 0 Å². The Morgan fingerprint density at radius 1 is 1.19 bits per heavy atom. The number of rotatable bonds is 4. The Bertz CT molecular complexity index is 1220.